The number of unbranched alkanes of at least 4 members (excludes halogenated alkanes) is 5. The maximum atomic E-state index is 12.8. The molecular formula is C15H25FN2. The second-order valence-corrected chi connectivity index (χ2v) is 5.30. The zero-order chi connectivity index (χ0) is 13.4. The van der Waals surface area contributed by atoms with Crippen molar-refractivity contribution in [2.75, 3.05) is 0 Å². The maximum absolute atomic E-state index is 12.8. The molecule has 0 spiro atoms. The van der Waals surface area contributed by atoms with Gasteiger partial charge in [-0.25, -0.2) is 4.39 Å². The molecule has 0 amide bonds. The number of hydrogen-bond donors (Lipinski definition) is 1. The zero-order valence-electron chi connectivity index (χ0n) is 11.6. The molecule has 1 heterocycles. The zero-order valence-corrected chi connectivity index (χ0v) is 11.6. The molecule has 0 saturated carbocycles. The molecule has 3 heteroatoms. The fourth-order valence-electron chi connectivity index (χ4n) is 2.11. The first-order valence-corrected chi connectivity index (χ1v) is 6.97. The monoisotopic (exact) mass is 252 g/mol. The minimum absolute atomic E-state index is 0.311. The highest BCUT2D eigenvalue weighted by Gasteiger charge is 2.21. The van der Waals surface area contributed by atoms with Crippen LogP contribution in [0, 0.1) is 5.82 Å². The van der Waals surface area contributed by atoms with Gasteiger partial charge in [-0.3, -0.25) is 4.98 Å². The Hall–Kier alpha value is -0.960. The first kappa shape index (κ1) is 15.1. The Balaban J connectivity index is 2.33. The third-order valence-electron chi connectivity index (χ3n) is 3.36. The van der Waals surface area contributed by atoms with Gasteiger partial charge in [0.05, 0.1) is 17.4 Å². The van der Waals surface area contributed by atoms with Gasteiger partial charge in [0.1, 0.15) is 5.82 Å². The van der Waals surface area contributed by atoms with Crippen molar-refractivity contribution in [1.29, 1.82) is 0 Å². The molecule has 18 heavy (non-hydrogen) atoms. The highest BCUT2D eigenvalue weighted by molar-refractivity contribution is 5.14. The number of aromatic nitrogens is 1. The number of nitrogens with zero attached hydrogens (tertiary/aromatic N) is 1. The molecular weight excluding hydrogens is 227 g/mol. The van der Waals surface area contributed by atoms with Crippen LogP contribution in [-0.4, -0.2) is 4.98 Å². The summed E-state index contributed by atoms with van der Waals surface area (Å²) in [6.07, 6.45) is 9.64. The Morgan fingerprint density at radius 3 is 2.44 bits per heavy atom. The first-order chi connectivity index (χ1) is 8.56. The van der Waals surface area contributed by atoms with Crippen LogP contribution >= 0.6 is 0 Å². The molecule has 0 fully saturated rings. The van der Waals surface area contributed by atoms with E-state index < -0.39 is 5.54 Å². The van der Waals surface area contributed by atoms with E-state index in [1.54, 1.807) is 6.07 Å². The molecule has 0 aliphatic rings. The highest BCUT2D eigenvalue weighted by atomic mass is 19.1. The second-order valence-electron chi connectivity index (χ2n) is 5.30. The van der Waals surface area contributed by atoms with Crippen LogP contribution in [0.2, 0.25) is 0 Å². The van der Waals surface area contributed by atoms with Gasteiger partial charge in [-0.2, -0.15) is 0 Å². The molecule has 2 nitrogen and oxygen atoms in total. The Morgan fingerprint density at radius 1 is 1.17 bits per heavy atom. The molecule has 0 bridgehead atoms. The smallest absolute Gasteiger partial charge is 0.141 e. The number of rotatable bonds is 8. The van der Waals surface area contributed by atoms with E-state index in [2.05, 4.69) is 11.9 Å². The average Bonchev–Trinajstić information content (AvgIpc) is 2.34. The molecule has 1 atom stereocenters. The maximum Gasteiger partial charge on any atom is 0.141 e. The molecule has 0 aliphatic carbocycles. The van der Waals surface area contributed by atoms with Crippen molar-refractivity contribution in [1.82, 2.24) is 4.98 Å². The van der Waals surface area contributed by atoms with Gasteiger partial charge in [0, 0.05) is 0 Å². The summed E-state index contributed by atoms with van der Waals surface area (Å²) >= 11 is 0. The first-order valence-electron chi connectivity index (χ1n) is 6.97. The lowest BCUT2D eigenvalue weighted by molar-refractivity contribution is 0.409. The van der Waals surface area contributed by atoms with Crippen LogP contribution in [0.4, 0.5) is 4.39 Å². The third-order valence-corrected chi connectivity index (χ3v) is 3.36. The fourth-order valence-corrected chi connectivity index (χ4v) is 2.11. The number of halogens is 1. The summed E-state index contributed by atoms with van der Waals surface area (Å²) in [6.45, 7) is 4.19. The predicted molar refractivity (Wildman–Crippen MR) is 73.7 cm³/mol. The van der Waals surface area contributed by atoms with Crippen molar-refractivity contribution in [2.24, 2.45) is 5.73 Å². The summed E-state index contributed by atoms with van der Waals surface area (Å²) in [4.78, 5) is 4.08. The molecule has 0 aromatic carbocycles. The second kappa shape index (κ2) is 7.47. The average molecular weight is 252 g/mol. The number of pyridine rings is 1. The SMILES string of the molecule is CCCCCCCCC(C)(N)c1ccc(F)cn1. The molecule has 1 unspecified atom stereocenters. The molecule has 2 N–H and O–H groups in total. The molecule has 0 saturated heterocycles. The highest BCUT2D eigenvalue weighted by Crippen LogP contribution is 2.23. The van der Waals surface area contributed by atoms with E-state index in [4.69, 9.17) is 5.73 Å². The largest absolute Gasteiger partial charge is 0.320 e. The summed E-state index contributed by atoms with van der Waals surface area (Å²) < 4.78 is 12.8. The van der Waals surface area contributed by atoms with Gasteiger partial charge < -0.3 is 5.73 Å². The van der Waals surface area contributed by atoms with E-state index in [1.165, 1.54) is 44.4 Å². The van der Waals surface area contributed by atoms with Crippen molar-refractivity contribution >= 4 is 0 Å². The molecule has 0 aliphatic heterocycles. The Kier molecular flexibility index (Phi) is 6.27. The van der Waals surface area contributed by atoms with Gasteiger partial charge in [-0.1, -0.05) is 45.4 Å². The summed E-state index contributed by atoms with van der Waals surface area (Å²) in [5.74, 6) is -0.311. The van der Waals surface area contributed by atoms with Crippen molar-refractivity contribution in [3.63, 3.8) is 0 Å². The Morgan fingerprint density at radius 2 is 1.83 bits per heavy atom. The van der Waals surface area contributed by atoms with Crippen LogP contribution in [0.15, 0.2) is 18.3 Å². The van der Waals surface area contributed by atoms with Crippen molar-refractivity contribution in [3.8, 4) is 0 Å². The summed E-state index contributed by atoms with van der Waals surface area (Å²) in [6, 6.07) is 3.11. The van der Waals surface area contributed by atoms with Crippen LogP contribution in [0.1, 0.15) is 64.5 Å². The van der Waals surface area contributed by atoms with Gasteiger partial charge in [0.15, 0.2) is 0 Å². The van der Waals surface area contributed by atoms with Gasteiger partial charge in [-0.05, 0) is 25.5 Å². The summed E-state index contributed by atoms with van der Waals surface area (Å²) in [5.41, 5.74) is 6.57. The summed E-state index contributed by atoms with van der Waals surface area (Å²) in [7, 11) is 0. The van der Waals surface area contributed by atoms with Crippen LogP contribution in [0.3, 0.4) is 0 Å². The van der Waals surface area contributed by atoms with Gasteiger partial charge in [-0.15, -0.1) is 0 Å². The quantitative estimate of drug-likeness (QED) is 0.706. The van der Waals surface area contributed by atoms with E-state index >= 15 is 0 Å². The molecule has 1 rings (SSSR count). The van der Waals surface area contributed by atoms with E-state index in [0.717, 1.165) is 18.5 Å². The lowest BCUT2D eigenvalue weighted by Crippen LogP contribution is -2.33. The van der Waals surface area contributed by atoms with Crippen LogP contribution < -0.4 is 5.73 Å². The standard InChI is InChI=1S/C15H25FN2/c1-3-4-5-6-7-8-11-15(2,17)14-10-9-13(16)12-18-14/h9-10,12H,3-8,11,17H2,1-2H3. The topological polar surface area (TPSA) is 38.9 Å². The van der Waals surface area contributed by atoms with Crippen LogP contribution in [0.25, 0.3) is 0 Å². The van der Waals surface area contributed by atoms with E-state index in [-0.39, 0.29) is 5.82 Å². The van der Waals surface area contributed by atoms with Gasteiger partial charge >= 0.3 is 0 Å². The van der Waals surface area contributed by atoms with Gasteiger partial charge in [0.25, 0.3) is 0 Å². The minimum Gasteiger partial charge on any atom is -0.320 e. The molecule has 1 aromatic heterocycles. The number of hydrogen-bond acceptors (Lipinski definition) is 2. The molecule has 0 radical (unpaired) electrons. The van der Waals surface area contributed by atoms with Crippen LogP contribution in [0.5, 0.6) is 0 Å². The Bertz CT molecular complexity index is 333. The lowest BCUT2D eigenvalue weighted by Gasteiger charge is -2.23. The van der Waals surface area contributed by atoms with Crippen molar-refractivity contribution in [2.45, 2.75) is 64.3 Å². The molecule has 1 aromatic rings. The van der Waals surface area contributed by atoms with Gasteiger partial charge in [0.2, 0.25) is 0 Å². The minimum atomic E-state index is -0.446. The molecule has 102 valence electrons. The Labute approximate surface area is 110 Å². The van der Waals surface area contributed by atoms with Crippen LogP contribution in [-0.2, 0) is 5.54 Å². The summed E-state index contributed by atoms with van der Waals surface area (Å²) in [5, 5.41) is 0. The normalized spacial score (nSPS) is 14.4. The van der Waals surface area contributed by atoms with Crippen molar-refractivity contribution in [3.05, 3.63) is 29.8 Å². The van der Waals surface area contributed by atoms with E-state index in [0.29, 0.717) is 0 Å². The van der Waals surface area contributed by atoms with Crippen molar-refractivity contribution < 1.29 is 4.39 Å². The fraction of sp³-hybridized carbons (Fsp3) is 0.667. The predicted octanol–water partition coefficient (Wildman–Crippen LogP) is 4.15. The van der Waals surface area contributed by atoms with E-state index in [1.807, 2.05) is 6.92 Å². The third kappa shape index (κ3) is 5.13. The lowest BCUT2D eigenvalue weighted by atomic mass is 9.91. The van der Waals surface area contributed by atoms with E-state index in [9.17, 15) is 4.39 Å². The number of nitrogens with two attached hydrogens (primary N) is 1.